The zero-order valence-electron chi connectivity index (χ0n) is 7.98. The standard InChI is InChI=1S/C12H14O2/c13-11-3-1-2-9(7-11)6-10-4-5-12(14)8-10/h1-3,7-8,12-14H,4-6H2. The SMILES string of the molecule is Oc1cccc(CC2=CC(O)CC2)c1. The molecule has 2 rings (SSSR count). The lowest BCUT2D eigenvalue weighted by Gasteiger charge is -2.02. The second-order valence-electron chi connectivity index (χ2n) is 3.78. The molecule has 0 bridgehead atoms. The number of phenolic OH excluding ortho intramolecular Hbond substituents is 1. The Labute approximate surface area is 83.5 Å². The maximum Gasteiger partial charge on any atom is 0.115 e. The van der Waals surface area contributed by atoms with Crippen LogP contribution in [0.2, 0.25) is 0 Å². The maximum atomic E-state index is 9.31. The second-order valence-corrected chi connectivity index (χ2v) is 3.78. The third-order valence-electron chi connectivity index (χ3n) is 2.53. The zero-order chi connectivity index (χ0) is 9.97. The van der Waals surface area contributed by atoms with Gasteiger partial charge in [0, 0.05) is 0 Å². The van der Waals surface area contributed by atoms with Crippen molar-refractivity contribution in [2.75, 3.05) is 0 Å². The van der Waals surface area contributed by atoms with Gasteiger partial charge < -0.3 is 10.2 Å². The number of allylic oxidation sites excluding steroid dienone is 1. The molecule has 14 heavy (non-hydrogen) atoms. The molecule has 0 aromatic heterocycles. The number of hydrogen-bond acceptors (Lipinski definition) is 2. The molecule has 1 aliphatic carbocycles. The summed E-state index contributed by atoms with van der Waals surface area (Å²) >= 11 is 0. The number of aliphatic hydroxyl groups excluding tert-OH is 1. The van der Waals surface area contributed by atoms with E-state index in [9.17, 15) is 10.2 Å². The first-order chi connectivity index (χ1) is 6.74. The predicted molar refractivity (Wildman–Crippen MR) is 55.1 cm³/mol. The van der Waals surface area contributed by atoms with Crippen LogP contribution in [-0.4, -0.2) is 16.3 Å². The van der Waals surface area contributed by atoms with E-state index < -0.39 is 0 Å². The van der Waals surface area contributed by atoms with E-state index in [2.05, 4.69) is 0 Å². The maximum absolute atomic E-state index is 9.31. The van der Waals surface area contributed by atoms with E-state index in [1.165, 1.54) is 5.57 Å². The summed E-state index contributed by atoms with van der Waals surface area (Å²) in [6.45, 7) is 0. The molecule has 1 aromatic carbocycles. The third-order valence-corrected chi connectivity index (χ3v) is 2.53. The lowest BCUT2D eigenvalue weighted by Crippen LogP contribution is -1.93. The van der Waals surface area contributed by atoms with Gasteiger partial charge in [-0.3, -0.25) is 0 Å². The average molecular weight is 190 g/mol. The highest BCUT2D eigenvalue weighted by Crippen LogP contribution is 2.23. The highest BCUT2D eigenvalue weighted by atomic mass is 16.3. The molecule has 1 aliphatic rings. The van der Waals surface area contributed by atoms with Crippen molar-refractivity contribution >= 4 is 0 Å². The summed E-state index contributed by atoms with van der Waals surface area (Å²) in [6, 6.07) is 7.27. The van der Waals surface area contributed by atoms with Crippen LogP contribution >= 0.6 is 0 Å². The minimum Gasteiger partial charge on any atom is -0.508 e. The molecule has 1 atom stereocenters. The fourth-order valence-electron chi connectivity index (χ4n) is 1.85. The number of hydrogen-bond donors (Lipinski definition) is 2. The molecule has 2 heteroatoms. The zero-order valence-corrected chi connectivity index (χ0v) is 7.98. The van der Waals surface area contributed by atoms with E-state index in [1.807, 2.05) is 18.2 Å². The van der Waals surface area contributed by atoms with Crippen LogP contribution in [0.3, 0.4) is 0 Å². The fraction of sp³-hybridized carbons (Fsp3) is 0.333. The minimum atomic E-state index is -0.262. The number of rotatable bonds is 2. The van der Waals surface area contributed by atoms with Gasteiger partial charge in [-0.2, -0.15) is 0 Å². The molecule has 1 unspecified atom stereocenters. The van der Waals surface area contributed by atoms with Crippen LogP contribution in [0, 0.1) is 0 Å². The number of benzene rings is 1. The predicted octanol–water partition coefficient (Wildman–Crippen LogP) is 2.02. The Bertz CT molecular complexity index is 355. The van der Waals surface area contributed by atoms with E-state index in [0.717, 1.165) is 24.8 Å². The van der Waals surface area contributed by atoms with Crippen LogP contribution < -0.4 is 0 Å². The molecule has 0 saturated carbocycles. The summed E-state index contributed by atoms with van der Waals surface area (Å²) in [5.41, 5.74) is 2.37. The number of phenols is 1. The van der Waals surface area contributed by atoms with Crippen LogP contribution in [0.25, 0.3) is 0 Å². The summed E-state index contributed by atoms with van der Waals surface area (Å²) in [5.74, 6) is 0.307. The van der Waals surface area contributed by atoms with E-state index in [-0.39, 0.29) is 6.10 Å². The van der Waals surface area contributed by atoms with Gasteiger partial charge in [-0.15, -0.1) is 0 Å². The molecule has 1 aromatic rings. The molecule has 74 valence electrons. The summed E-state index contributed by atoms with van der Waals surface area (Å²) in [6.07, 6.45) is 4.31. The van der Waals surface area contributed by atoms with Crippen LogP contribution in [0.4, 0.5) is 0 Å². The highest BCUT2D eigenvalue weighted by Gasteiger charge is 2.12. The van der Waals surface area contributed by atoms with Crippen molar-refractivity contribution in [1.82, 2.24) is 0 Å². The Balaban J connectivity index is 2.08. The van der Waals surface area contributed by atoms with Gasteiger partial charge in [0.2, 0.25) is 0 Å². The van der Waals surface area contributed by atoms with Gasteiger partial charge in [0.1, 0.15) is 5.75 Å². The number of aliphatic hydroxyl groups is 1. The molecule has 0 fully saturated rings. The van der Waals surface area contributed by atoms with Crippen molar-refractivity contribution in [2.24, 2.45) is 0 Å². The Morgan fingerprint density at radius 1 is 1.36 bits per heavy atom. The monoisotopic (exact) mass is 190 g/mol. The molecule has 2 nitrogen and oxygen atoms in total. The van der Waals surface area contributed by atoms with Crippen molar-refractivity contribution in [1.29, 1.82) is 0 Å². The third kappa shape index (κ3) is 2.15. The number of aromatic hydroxyl groups is 1. The molecule has 0 spiro atoms. The minimum absolute atomic E-state index is 0.262. The Kier molecular flexibility index (Phi) is 2.55. The summed E-state index contributed by atoms with van der Waals surface area (Å²) in [4.78, 5) is 0. The smallest absolute Gasteiger partial charge is 0.115 e. The van der Waals surface area contributed by atoms with E-state index in [4.69, 9.17) is 0 Å². The Hall–Kier alpha value is -1.28. The first kappa shape index (κ1) is 9.28. The molecular formula is C12H14O2. The van der Waals surface area contributed by atoms with Crippen molar-refractivity contribution in [3.05, 3.63) is 41.5 Å². The average Bonchev–Trinajstić information content (AvgIpc) is 2.51. The summed E-state index contributed by atoms with van der Waals surface area (Å²) in [5, 5.41) is 18.6. The summed E-state index contributed by atoms with van der Waals surface area (Å²) in [7, 11) is 0. The van der Waals surface area contributed by atoms with Crippen molar-refractivity contribution in [2.45, 2.75) is 25.4 Å². The molecular weight excluding hydrogens is 176 g/mol. The molecule has 2 N–H and O–H groups in total. The van der Waals surface area contributed by atoms with Gasteiger partial charge in [-0.25, -0.2) is 0 Å². The Morgan fingerprint density at radius 2 is 2.21 bits per heavy atom. The van der Waals surface area contributed by atoms with Gasteiger partial charge in [-0.1, -0.05) is 23.8 Å². The summed E-state index contributed by atoms with van der Waals surface area (Å²) < 4.78 is 0. The van der Waals surface area contributed by atoms with E-state index >= 15 is 0 Å². The quantitative estimate of drug-likeness (QED) is 0.700. The van der Waals surface area contributed by atoms with Gasteiger partial charge in [0.25, 0.3) is 0 Å². The van der Waals surface area contributed by atoms with Crippen LogP contribution in [0.15, 0.2) is 35.9 Å². The highest BCUT2D eigenvalue weighted by molar-refractivity contribution is 5.31. The van der Waals surface area contributed by atoms with Gasteiger partial charge in [0.05, 0.1) is 6.10 Å². The lowest BCUT2D eigenvalue weighted by atomic mass is 10.0. The first-order valence-corrected chi connectivity index (χ1v) is 4.89. The van der Waals surface area contributed by atoms with Crippen LogP contribution in [0.1, 0.15) is 18.4 Å². The molecule has 0 saturated heterocycles. The Morgan fingerprint density at radius 3 is 2.86 bits per heavy atom. The van der Waals surface area contributed by atoms with Crippen LogP contribution in [-0.2, 0) is 6.42 Å². The van der Waals surface area contributed by atoms with Gasteiger partial charge in [-0.05, 0) is 37.0 Å². The van der Waals surface area contributed by atoms with Crippen molar-refractivity contribution in [3.8, 4) is 5.75 Å². The molecule has 0 amide bonds. The second kappa shape index (κ2) is 3.84. The first-order valence-electron chi connectivity index (χ1n) is 4.89. The van der Waals surface area contributed by atoms with E-state index in [1.54, 1.807) is 12.1 Å². The normalized spacial score (nSPS) is 20.9. The van der Waals surface area contributed by atoms with E-state index in [0.29, 0.717) is 5.75 Å². The lowest BCUT2D eigenvalue weighted by molar-refractivity contribution is 0.223. The van der Waals surface area contributed by atoms with Crippen LogP contribution in [0.5, 0.6) is 5.75 Å². The van der Waals surface area contributed by atoms with Gasteiger partial charge in [0.15, 0.2) is 0 Å². The topological polar surface area (TPSA) is 40.5 Å². The largest absolute Gasteiger partial charge is 0.508 e. The molecule has 0 aliphatic heterocycles. The van der Waals surface area contributed by atoms with Crippen molar-refractivity contribution in [3.63, 3.8) is 0 Å². The fourth-order valence-corrected chi connectivity index (χ4v) is 1.85. The van der Waals surface area contributed by atoms with Crippen molar-refractivity contribution < 1.29 is 10.2 Å². The molecule has 0 heterocycles. The molecule has 0 radical (unpaired) electrons. The van der Waals surface area contributed by atoms with Gasteiger partial charge >= 0.3 is 0 Å².